The molecule has 0 aliphatic heterocycles. The first-order valence-corrected chi connectivity index (χ1v) is 4.09. The predicted octanol–water partition coefficient (Wildman–Crippen LogP) is -1.26. The monoisotopic (exact) mass is 138 g/mol. The summed E-state index contributed by atoms with van der Waals surface area (Å²) < 4.78 is 8.92. The summed E-state index contributed by atoms with van der Waals surface area (Å²) in [5.41, 5.74) is 0. The van der Waals surface area contributed by atoms with Gasteiger partial charge in [-0.3, -0.25) is 0 Å². The summed E-state index contributed by atoms with van der Waals surface area (Å²) >= 11 is 0. The van der Waals surface area contributed by atoms with Gasteiger partial charge < -0.3 is 18.8 Å². The summed E-state index contributed by atoms with van der Waals surface area (Å²) in [7, 11) is -0.521. The Hall–Kier alpha value is 0.0569. The molecule has 0 rings (SSSR count). The molecule has 0 amide bonds. The molecule has 4 nitrogen and oxygen atoms in total. The van der Waals surface area contributed by atoms with Crippen LogP contribution in [0.1, 0.15) is 0 Å². The Labute approximate surface area is 49.0 Å². The van der Waals surface area contributed by atoms with E-state index < -0.39 is 15.0 Å². The lowest BCUT2D eigenvalue weighted by Gasteiger charge is -2.15. The minimum absolute atomic E-state index is 0.431. The van der Waals surface area contributed by atoms with E-state index >= 15 is 0 Å². The van der Waals surface area contributed by atoms with E-state index in [9.17, 15) is 0 Å². The number of aliphatic hydroxyl groups is 1. The second-order valence-corrected chi connectivity index (χ2v) is 3.84. The second kappa shape index (κ2) is 3.16. The third-order valence-electron chi connectivity index (χ3n) is 0.838. The topological polar surface area (TPSA) is 58.9 Å². The molecule has 0 saturated carbocycles. The lowest BCUT2D eigenvalue weighted by molar-refractivity contribution is 0.118. The van der Waals surface area contributed by atoms with E-state index in [1.54, 1.807) is 0 Å². The van der Waals surface area contributed by atoms with Gasteiger partial charge in [0, 0.05) is 14.2 Å². The Morgan fingerprint density at radius 2 is 1.75 bits per heavy atom. The van der Waals surface area contributed by atoms with Crippen molar-refractivity contribution in [3.05, 3.63) is 0 Å². The summed E-state index contributed by atoms with van der Waals surface area (Å²) in [6.45, 7) is 0. The van der Waals surface area contributed by atoms with Gasteiger partial charge in [0.15, 0.2) is 0 Å². The zero-order valence-corrected chi connectivity index (χ0v) is 5.92. The molecular weight excluding hydrogens is 128 g/mol. The van der Waals surface area contributed by atoms with E-state index in [1.807, 2.05) is 0 Å². The first-order valence-electron chi connectivity index (χ1n) is 2.12. The van der Waals surface area contributed by atoms with Crippen molar-refractivity contribution < 1.29 is 18.8 Å². The molecule has 0 radical (unpaired) electrons. The van der Waals surface area contributed by atoms with E-state index in [-0.39, 0.29) is 0 Å². The number of hydrogen-bond donors (Lipinski definition) is 2. The van der Waals surface area contributed by atoms with Gasteiger partial charge in [-0.15, -0.1) is 0 Å². The Morgan fingerprint density at radius 1 is 1.38 bits per heavy atom. The zero-order valence-electron chi connectivity index (χ0n) is 4.92. The average molecular weight is 138 g/mol. The minimum Gasteiger partial charge on any atom is -0.392 e. The van der Waals surface area contributed by atoms with Gasteiger partial charge >= 0.3 is 8.80 Å². The van der Waals surface area contributed by atoms with Crippen LogP contribution < -0.4 is 0 Å². The highest BCUT2D eigenvalue weighted by molar-refractivity contribution is 6.58. The highest BCUT2D eigenvalue weighted by Crippen LogP contribution is 1.95. The summed E-state index contributed by atoms with van der Waals surface area (Å²) in [5.74, 6) is 0. The molecule has 0 unspecified atom stereocenters. The summed E-state index contributed by atoms with van der Waals surface area (Å²) in [4.78, 5) is 8.88. The normalized spacial score (nSPS) is 12.0. The van der Waals surface area contributed by atoms with Crippen LogP contribution in [0.15, 0.2) is 0 Å². The van der Waals surface area contributed by atoms with Crippen molar-refractivity contribution in [1.29, 1.82) is 0 Å². The third kappa shape index (κ3) is 1.89. The van der Waals surface area contributed by atoms with Crippen molar-refractivity contribution >= 4 is 8.80 Å². The molecule has 0 atom stereocenters. The van der Waals surface area contributed by atoms with Gasteiger partial charge in [-0.25, -0.2) is 0 Å². The van der Waals surface area contributed by atoms with E-state index in [4.69, 9.17) is 9.90 Å². The molecule has 0 aliphatic rings. The zero-order chi connectivity index (χ0) is 6.62. The molecule has 0 aromatic heterocycles. The van der Waals surface area contributed by atoms with Gasteiger partial charge in [0.2, 0.25) is 0 Å². The first kappa shape index (κ1) is 8.06. The van der Waals surface area contributed by atoms with Crippen LogP contribution >= 0.6 is 0 Å². The fourth-order valence-corrected chi connectivity index (χ4v) is 0.637. The molecule has 0 bridgehead atoms. The average Bonchev–Trinajstić information content (AvgIpc) is 1.87. The predicted molar refractivity (Wildman–Crippen MR) is 29.1 cm³/mol. The third-order valence-corrected chi connectivity index (χ3v) is 2.51. The van der Waals surface area contributed by atoms with Gasteiger partial charge in [-0.05, 0) is 0 Å². The van der Waals surface area contributed by atoms with E-state index in [1.165, 1.54) is 14.2 Å². The number of rotatable bonds is 3. The van der Waals surface area contributed by atoms with E-state index in [2.05, 4.69) is 8.85 Å². The van der Waals surface area contributed by atoms with E-state index in [0.29, 0.717) is 0 Å². The second-order valence-electron chi connectivity index (χ2n) is 1.28. The maximum absolute atomic E-state index is 8.88. The molecule has 5 heteroatoms. The lowest BCUT2D eigenvalue weighted by Crippen LogP contribution is -2.44. The first-order chi connectivity index (χ1) is 3.68. The molecule has 0 fully saturated rings. The molecule has 0 aliphatic carbocycles. The van der Waals surface area contributed by atoms with Crippen LogP contribution in [-0.4, -0.2) is 39.2 Å². The molecule has 0 spiro atoms. The number of aliphatic hydroxyl groups excluding tert-OH is 1. The summed E-state index contributed by atoms with van der Waals surface area (Å²) in [6.07, 6.45) is -0.431. The van der Waals surface area contributed by atoms with Gasteiger partial charge in [0.25, 0.3) is 0 Å². The van der Waals surface area contributed by atoms with Crippen molar-refractivity contribution in [3.63, 3.8) is 0 Å². The van der Waals surface area contributed by atoms with Crippen LogP contribution in [0.25, 0.3) is 0 Å². The van der Waals surface area contributed by atoms with Gasteiger partial charge in [0.05, 0.1) is 0 Å². The quantitative estimate of drug-likeness (QED) is 0.478. The molecule has 8 heavy (non-hydrogen) atoms. The highest BCUT2D eigenvalue weighted by Gasteiger charge is 2.32. The molecule has 50 valence electrons. The minimum atomic E-state index is -3.12. The van der Waals surface area contributed by atoms with Gasteiger partial charge in [0.1, 0.15) is 6.23 Å². The van der Waals surface area contributed by atoms with Crippen molar-refractivity contribution in [2.24, 2.45) is 0 Å². The highest BCUT2D eigenvalue weighted by atomic mass is 28.4. The molecular formula is C3H10O4Si. The van der Waals surface area contributed by atoms with E-state index in [0.717, 1.165) is 0 Å². The Morgan fingerprint density at radius 3 is 1.75 bits per heavy atom. The van der Waals surface area contributed by atoms with Crippen molar-refractivity contribution in [1.82, 2.24) is 0 Å². The van der Waals surface area contributed by atoms with Crippen LogP contribution in [-0.2, 0) is 8.85 Å². The van der Waals surface area contributed by atoms with Crippen LogP contribution in [0.3, 0.4) is 0 Å². The maximum atomic E-state index is 8.88. The van der Waals surface area contributed by atoms with Crippen LogP contribution in [0.5, 0.6) is 0 Å². The fraction of sp³-hybridized carbons (Fsp3) is 1.00. The molecule has 0 aromatic rings. The van der Waals surface area contributed by atoms with Gasteiger partial charge in [-0.1, -0.05) is 0 Å². The van der Waals surface area contributed by atoms with Crippen molar-refractivity contribution in [2.45, 2.75) is 0 Å². The Balaban J connectivity index is 3.58. The van der Waals surface area contributed by atoms with Gasteiger partial charge in [-0.2, -0.15) is 0 Å². The standard InChI is InChI=1S/C3H10O4Si/c1-6-8(5,3-4)7-2/h4-5H,3H2,1-2H3. The number of hydrogen-bond acceptors (Lipinski definition) is 4. The van der Waals surface area contributed by atoms with Crippen LogP contribution in [0.4, 0.5) is 0 Å². The largest absolute Gasteiger partial charge is 0.524 e. The molecule has 2 N–H and O–H groups in total. The van der Waals surface area contributed by atoms with Crippen LogP contribution in [0, 0.1) is 0 Å². The maximum Gasteiger partial charge on any atom is 0.524 e. The summed E-state index contributed by atoms with van der Waals surface area (Å²) in [5, 5.41) is 8.35. The summed E-state index contributed by atoms with van der Waals surface area (Å²) in [6, 6.07) is 0. The Bertz CT molecular complexity index is 54.0. The molecule has 0 heterocycles. The molecule has 0 aromatic carbocycles. The smallest absolute Gasteiger partial charge is 0.392 e. The fourth-order valence-electron chi connectivity index (χ4n) is 0.212. The SMILES string of the molecule is CO[Si](O)(CO)OC. The Kier molecular flexibility index (Phi) is 3.18. The lowest BCUT2D eigenvalue weighted by atomic mass is 11.7. The van der Waals surface area contributed by atoms with Crippen molar-refractivity contribution in [3.8, 4) is 0 Å². The van der Waals surface area contributed by atoms with Crippen molar-refractivity contribution in [2.75, 3.05) is 20.4 Å². The van der Waals surface area contributed by atoms with Crippen LogP contribution in [0.2, 0.25) is 0 Å². The molecule has 0 saturated heterocycles.